The van der Waals surface area contributed by atoms with Crippen LogP contribution in [-0.2, 0) is 0 Å². The van der Waals surface area contributed by atoms with Gasteiger partial charge < -0.3 is 0 Å². The van der Waals surface area contributed by atoms with Gasteiger partial charge in [-0.3, -0.25) is 19.9 Å². The summed E-state index contributed by atoms with van der Waals surface area (Å²) in [6, 6.07) is 14.0. The number of imide groups is 1. The van der Waals surface area contributed by atoms with E-state index in [0.29, 0.717) is 27.5 Å². The highest BCUT2D eigenvalue weighted by Crippen LogP contribution is 2.23. The van der Waals surface area contributed by atoms with Gasteiger partial charge in [0, 0.05) is 0 Å². The van der Waals surface area contributed by atoms with Gasteiger partial charge in [-0.25, -0.2) is 0 Å². The Bertz CT molecular complexity index is 782. The van der Waals surface area contributed by atoms with E-state index in [1.165, 1.54) is 4.90 Å². The second-order valence-corrected chi connectivity index (χ2v) is 5.59. The van der Waals surface area contributed by atoms with Gasteiger partial charge in [0.1, 0.15) is 0 Å². The number of carbonyl (C=O) groups excluding carboxylic acids is 2. The number of rotatable bonds is 4. The third-order valence-electron chi connectivity index (χ3n) is 3.51. The van der Waals surface area contributed by atoms with Crippen LogP contribution in [0.2, 0.25) is 5.02 Å². The van der Waals surface area contributed by atoms with Crippen LogP contribution in [0.4, 0.5) is 5.69 Å². The molecule has 3 rings (SSSR count). The Labute approximate surface area is 138 Å². The van der Waals surface area contributed by atoms with Crippen molar-refractivity contribution in [2.24, 2.45) is 5.10 Å². The number of halogens is 1. The van der Waals surface area contributed by atoms with Gasteiger partial charge in [0.15, 0.2) is 0 Å². The zero-order valence-electron chi connectivity index (χ0n) is 12.4. The minimum atomic E-state index is -0.294. The van der Waals surface area contributed by atoms with Crippen LogP contribution in [0.1, 0.15) is 27.6 Å². The largest absolute Gasteiger partial charge is 0.277 e. The predicted octanol–water partition coefficient (Wildman–Crippen LogP) is 3.42. The van der Waals surface area contributed by atoms with Crippen molar-refractivity contribution in [3.8, 4) is 0 Å². The number of para-hydroxylation sites is 1. The summed E-state index contributed by atoms with van der Waals surface area (Å²) in [7, 11) is 0. The summed E-state index contributed by atoms with van der Waals surface area (Å²) >= 11 is 6.03. The fourth-order valence-corrected chi connectivity index (χ4v) is 2.53. The highest BCUT2D eigenvalue weighted by atomic mass is 35.5. The smallest absolute Gasteiger partial charge is 0.261 e. The molecule has 1 heterocycles. The van der Waals surface area contributed by atoms with Crippen LogP contribution in [0.15, 0.2) is 53.6 Å². The first-order chi connectivity index (χ1) is 11.1. The van der Waals surface area contributed by atoms with E-state index in [9.17, 15) is 9.59 Å². The molecule has 2 aromatic carbocycles. The zero-order valence-corrected chi connectivity index (χ0v) is 13.2. The molecule has 0 unspecified atom stereocenters. The van der Waals surface area contributed by atoms with Crippen molar-refractivity contribution in [3.05, 3.63) is 64.7 Å². The van der Waals surface area contributed by atoms with Crippen LogP contribution < -0.4 is 5.43 Å². The van der Waals surface area contributed by atoms with Crippen LogP contribution in [0, 0.1) is 0 Å². The quantitative estimate of drug-likeness (QED) is 0.531. The minimum absolute atomic E-state index is 0.129. The molecule has 0 atom stereocenters. The summed E-state index contributed by atoms with van der Waals surface area (Å²) in [5.74, 6) is -0.587. The standard InChI is InChI=1S/C17H14ClN3O2/c1-11(19-20-15-9-5-4-8-14(15)18)10-21-16(22)12-6-2-3-7-13(12)17(21)23/h2-9,20H,10H2,1H3. The molecule has 0 saturated carbocycles. The summed E-state index contributed by atoms with van der Waals surface area (Å²) in [5, 5.41) is 4.73. The number of carbonyl (C=O) groups is 2. The van der Waals surface area contributed by atoms with Gasteiger partial charge in [-0.05, 0) is 31.2 Å². The number of hydrazone groups is 1. The third kappa shape index (κ3) is 2.96. The molecule has 1 aliphatic heterocycles. The number of hydrogen-bond acceptors (Lipinski definition) is 4. The van der Waals surface area contributed by atoms with Crippen molar-refractivity contribution in [1.29, 1.82) is 0 Å². The van der Waals surface area contributed by atoms with Crippen molar-refractivity contribution in [3.63, 3.8) is 0 Å². The van der Waals surface area contributed by atoms with Crippen molar-refractivity contribution < 1.29 is 9.59 Å². The van der Waals surface area contributed by atoms with Crippen molar-refractivity contribution in [2.75, 3.05) is 12.0 Å². The number of hydrogen-bond donors (Lipinski definition) is 1. The molecule has 0 spiro atoms. The number of anilines is 1. The number of amides is 2. The lowest BCUT2D eigenvalue weighted by molar-refractivity contribution is 0.0677. The van der Waals surface area contributed by atoms with Crippen LogP contribution in [0.25, 0.3) is 0 Å². The first-order valence-corrected chi connectivity index (χ1v) is 7.44. The average molecular weight is 328 g/mol. The lowest BCUT2D eigenvalue weighted by atomic mass is 10.1. The normalized spacial score (nSPS) is 14.2. The van der Waals surface area contributed by atoms with E-state index < -0.39 is 0 Å². The molecule has 1 N–H and O–H groups in total. The highest BCUT2D eigenvalue weighted by Gasteiger charge is 2.35. The molecular formula is C17H14ClN3O2. The Morgan fingerprint density at radius 3 is 2.22 bits per heavy atom. The van der Waals surface area contributed by atoms with Crippen molar-refractivity contribution in [2.45, 2.75) is 6.92 Å². The Balaban J connectivity index is 1.73. The van der Waals surface area contributed by atoms with Gasteiger partial charge >= 0.3 is 0 Å². The van der Waals surface area contributed by atoms with Crippen molar-refractivity contribution in [1.82, 2.24) is 4.90 Å². The van der Waals surface area contributed by atoms with Gasteiger partial charge in [-0.15, -0.1) is 0 Å². The Kier molecular flexibility index (Phi) is 4.12. The molecule has 0 aliphatic carbocycles. The lowest BCUT2D eigenvalue weighted by Crippen LogP contribution is -2.34. The van der Waals surface area contributed by atoms with E-state index in [0.717, 1.165) is 0 Å². The summed E-state index contributed by atoms with van der Waals surface area (Å²) in [4.78, 5) is 25.8. The van der Waals surface area contributed by atoms with Gasteiger partial charge in [-0.1, -0.05) is 35.9 Å². The molecule has 0 fully saturated rings. The molecule has 1 aliphatic rings. The van der Waals surface area contributed by atoms with Crippen molar-refractivity contribution >= 4 is 34.8 Å². The fraction of sp³-hybridized carbons (Fsp3) is 0.118. The fourth-order valence-electron chi connectivity index (χ4n) is 2.35. The van der Waals surface area contributed by atoms with E-state index in [2.05, 4.69) is 10.5 Å². The summed E-state index contributed by atoms with van der Waals surface area (Å²) in [5.41, 5.74) is 4.97. The monoisotopic (exact) mass is 327 g/mol. The number of fused-ring (bicyclic) bond motifs is 1. The number of nitrogens with one attached hydrogen (secondary N) is 1. The van der Waals surface area contributed by atoms with E-state index in [-0.39, 0.29) is 18.4 Å². The molecule has 116 valence electrons. The van der Waals surface area contributed by atoms with Crippen LogP contribution in [0.5, 0.6) is 0 Å². The summed E-state index contributed by atoms with van der Waals surface area (Å²) in [6.45, 7) is 1.87. The molecule has 0 saturated heterocycles. The molecule has 6 heteroatoms. The second kappa shape index (κ2) is 6.22. The van der Waals surface area contributed by atoms with Crippen LogP contribution >= 0.6 is 11.6 Å². The molecule has 23 heavy (non-hydrogen) atoms. The second-order valence-electron chi connectivity index (χ2n) is 5.18. The van der Waals surface area contributed by atoms with E-state index in [4.69, 9.17) is 11.6 Å². The summed E-state index contributed by atoms with van der Waals surface area (Å²) in [6.07, 6.45) is 0. The number of nitrogens with zero attached hydrogens (tertiary/aromatic N) is 2. The van der Waals surface area contributed by atoms with Gasteiger partial charge in [0.25, 0.3) is 11.8 Å². The molecule has 0 bridgehead atoms. The topological polar surface area (TPSA) is 61.8 Å². The van der Waals surface area contributed by atoms with E-state index >= 15 is 0 Å². The zero-order chi connectivity index (χ0) is 16.4. The van der Waals surface area contributed by atoms with E-state index in [1.54, 1.807) is 43.3 Å². The molecule has 0 radical (unpaired) electrons. The maximum absolute atomic E-state index is 12.3. The molecule has 2 amide bonds. The molecule has 2 aromatic rings. The summed E-state index contributed by atoms with van der Waals surface area (Å²) < 4.78 is 0. The minimum Gasteiger partial charge on any atom is -0.277 e. The molecular weight excluding hydrogens is 314 g/mol. The third-order valence-corrected chi connectivity index (χ3v) is 3.84. The Morgan fingerprint density at radius 1 is 1.04 bits per heavy atom. The van der Waals surface area contributed by atoms with E-state index in [1.807, 2.05) is 12.1 Å². The first kappa shape index (κ1) is 15.2. The lowest BCUT2D eigenvalue weighted by Gasteiger charge is -2.13. The maximum atomic E-state index is 12.3. The van der Waals surface area contributed by atoms with Gasteiger partial charge in [0.05, 0.1) is 34.1 Å². The average Bonchev–Trinajstić information content (AvgIpc) is 2.80. The highest BCUT2D eigenvalue weighted by molar-refractivity contribution is 6.33. The molecule has 0 aromatic heterocycles. The number of benzene rings is 2. The first-order valence-electron chi connectivity index (χ1n) is 7.07. The van der Waals surface area contributed by atoms with Crippen LogP contribution in [0.3, 0.4) is 0 Å². The molecule has 5 nitrogen and oxygen atoms in total. The van der Waals surface area contributed by atoms with Crippen LogP contribution in [-0.4, -0.2) is 29.0 Å². The predicted molar refractivity (Wildman–Crippen MR) is 90.0 cm³/mol. The Morgan fingerprint density at radius 2 is 1.61 bits per heavy atom. The Hall–Kier alpha value is -2.66. The van der Waals surface area contributed by atoms with Gasteiger partial charge in [-0.2, -0.15) is 5.10 Å². The van der Waals surface area contributed by atoms with Gasteiger partial charge in [0.2, 0.25) is 0 Å². The maximum Gasteiger partial charge on any atom is 0.261 e. The SMILES string of the molecule is CC(CN1C(=O)c2ccccc2C1=O)=NNc1ccccc1Cl.